The second-order valence-electron chi connectivity index (χ2n) is 9.43. The fourth-order valence-corrected chi connectivity index (χ4v) is 4.02. The van der Waals surface area contributed by atoms with E-state index >= 15 is 0 Å². The highest BCUT2D eigenvalue weighted by Crippen LogP contribution is 2.13. The van der Waals surface area contributed by atoms with Crippen molar-refractivity contribution in [3.05, 3.63) is 105 Å². The lowest BCUT2D eigenvalue weighted by Gasteiger charge is -2.08. The minimum atomic E-state index is -0.892. The van der Waals surface area contributed by atoms with Gasteiger partial charge in [0.25, 0.3) is 0 Å². The lowest BCUT2D eigenvalue weighted by molar-refractivity contribution is -0.138. The molecule has 0 fully saturated rings. The van der Waals surface area contributed by atoms with E-state index in [1.54, 1.807) is 36.4 Å². The molecule has 0 aliphatic heterocycles. The van der Waals surface area contributed by atoms with Crippen molar-refractivity contribution >= 4 is 45.4 Å². The monoisotopic (exact) mass is 659 g/mol. The first-order valence-corrected chi connectivity index (χ1v) is 14.2. The lowest BCUT2D eigenvalue weighted by atomic mass is 10.0. The second kappa shape index (κ2) is 20.2. The summed E-state index contributed by atoms with van der Waals surface area (Å²) >= 11 is 9.05. The molecule has 0 aromatic heterocycles. The molecule has 0 radical (unpaired) electrons. The molecule has 0 aliphatic rings. The number of aliphatic carboxylic acids is 3. The van der Waals surface area contributed by atoms with Gasteiger partial charge in [-0.2, -0.15) is 5.26 Å². The molecular weight excluding hydrogens is 626 g/mol. The first-order valence-electron chi connectivity index (χ1n) is 13.0. The van der Waals surface area contributed by atoms with Crippen molar-refractivity contribution in [3.63, 3.8) is 0 Å². The maximum absolute atomic E-state index is 10.4. The number of nitrogens with two attached hydrogens (primary N) is 2. The Hall–Kier alpha value is -3.75. The zero-order valence-electron chi connectivity index (χ0n) is 23.0. The molecule has 9 nitrogen and oxygen atoms in total. The SMILES string of the molecule is N#Cc1ccc(C[C@@H](N)CC(=O)O)cc1.N[C@@H](CC(=O)O)Cc1ccc(Cl)cc1.O=C(O)CCCc1ccc(Br)cc1. The summed E-state index contributed by atoms with van der Waals surface area (Å²) in [5.74, 6) is -2.49. The summed E-state index contributed by atoms with van der Waals surface area (Å²) in [6.45, 7) is 0. The summed E-state index contributed by atoms with van der Waals surface area (Å²) in [6, 6.07) is 23.5. The van der Waals surface area contributed by atoms with Crippen molar-refractivity contribution < 1.29 is 29.7 Å². The van der Waals surface area contributed by atoms with Gasteiger partial charge in [0.1, 0.15) is 0 Å². The van der Waals surface area contributed by atoms with E-state index in [0.717, 1.165) is 22.0 Å². The van der Waals surface area contributed by atoms with Gasteiger partial charge in [0.2, 0.25) is 0 Å². The number of aryl methyl sites for hydroxylation is 1. The first-order chi connectivity index (χ1) is 19.9. The zero-order valence-corrected chi connectivity index (χ0v) is 25.3. The van der Waals surface area contributed by atoms with E-state index in [1.807, 2.05) is 42.5 Å². The van der Waals surface area contributed by atoms with Crippen molar-refractivity contribution in [3.8, 4) is 6.07 Å². The predicted molar refractivity (Wildman–Crippen MR) is 165 cm³/mol. The van der Waals surface area contributed by atoms with Gasteiger partial charge < -0.3 is 26.8 Å². The number of benzene rings is 3. The summed E-state index contributed by atoms with van der Waals surface area (Å²) in [6.07, 6.45) is 2.80. The van der Waals surface area contributed by atoms with Crippen LogP contribution in [0.25, 0.3) is 0 Å². The number of carbonyl (C=O) groups is 3. The molecule has 3 rings (SSSR count). The molecule has 0 saturated carbocycles. The Balaban J connectivity index is 0.000000316. The largest absolute Gasteiger partial charge is 0.481 e. The molecule has 0 unspecified atom stereocenters. The van der Waals surface area contributed by atoms with Crippen molar-refractivity contribution in [1.82, 2.24) is 0 Å². The summed E-state index contributed by atoms with van der Waals surface area (Å²) in [7, 11) is 0. The summed E-state index contributed by atoms with van der Waals surface area (Å²) in [4.78, 5) is 31.0. The number of rotatable bonds is 12. The lowest BCUT2D eigenvalue weighted by Crippen LogP contribution is -2.26. The van der Waals surface area contributed by atoms with Crippen molar-refractivity contribution in [1.29, 1.82) is 5.26 Å². The van der Waals surface area contributed by atoms with Gasteiger partial charge in [0.05, 0.1) is 24.5 Å². The standard InChI is InChI=1S/C11H12N2O2.C10H11BrO2.C10H12ClNO2/c12-7-9-3-1-8(2-4-9)5-10(13)6-11(14)15;11-9-6-4-8(5-7-9)2-1-3-10(12)13;11-8-3-1-7(2-4-8)5-9(12)6-10(13)14/h1-4,10H,5-6,13H2,(H,14,15);4-7H,1-3H2,(H,12,13);1-4,9H,5-6,12H2,(H,13,14)/t10-;;9-/m1.1/s1. The van der Waals surface area contributed by atoms with Crippen LogP contribution in [0.15, 0.2) is 77.3 Å². The minimum absolute atomic E-state index is 0.0113. The number of nitriles is 1. The smallest absolute Gasteiger partial charge is 0.304 e. The molecule has 7 N–H and O–H groups in total. The van der Waals surface area contributed by atoms with Crippen LogP contribution in [0.2, 0.25) is 5.02 Å². The zero-order chi connectivity index (χ0) is 31.5. The number of hydrogen-bond donors (Lipinski definition) is 5. The fourth-order valence-electron chi connectivity index (χ4n) is 3.63. The Morgan fingerprint density at radius 2 is 1.17 bits per heavy atom. The van der Waals surface area contributed by atoms with Crippen LogP contribution in [0, 0.1) is 11.3 Å². The molecule has 0 bridgehead atoms. The molecular formula is C31H35BrClN3O6. The molecule has 0 spiro atoms. The Morgan fingerprint density at radius 3 is 1.57 bits per heavy atom. The van der Waals surface area contributed by atoms with Crippen molar-refractivity contribution in [2.75, 3.05) is 0 Å². The number of halogens is 2. The van der Waals surface area contributed by atoms with Crippen LogP contribution in [-0.4, -0.2) is 45.3 Å². The summed E-state index contributed by atoms with van der Waals surface area (Å²) in [5.41, 5.74) is 15.0. The molecule has 0 aliphatic carbocycles. The van der Waals surface area contributed by atoms with Crippen LogP contribution >= 0.6 is 27.5 Å². The number of nitrogens with zero attached hydrogens (tertiary/aromatic N) is 1. The van der Waals surface area contributed by atoms with Gasteiger partial charge in [-0.05, 0) is 78.8 Å². The average molecular weight is 661 g/mol. The van der Waals surface area contributed by atoms with Gasteiger partial charge in [-0.3, -0.25) is 14.4 Å². The second-order valence-corrected chi connectivity index (χ2v) is 10.8. The molecule has 0 heterocycles. The highest BCUT2D eigenvalue weighted by molar-refractivity contribution is 9.10. The molecule has 0 amide bonds. The molecule has 42 heavy (non-hydrogen) atoms. The van der Waals surface area contributed by atoms with Crippen LogP contribution in [0.4, 0.5) is 0 Å². The van der Waals surface area contributed by atoms with E-state index in [-0.39, 0.29) is 31.3 Å². The topological polar surface area (TPSA) is 188 Å². The minimum Gasteiger partial charge on any atom is -0.481 e. The third-order valence-electron chi connectivity index (χ3n) is 5.64. The van der Waals surface area contributed by atoms with E-state index in [1.165, 1.54) is 5.56 Å². The fraction of sp³-hybridized carbons (Fsp3) is 0.290. The van der Waals surface area contributed by atoms with E-state index in [4.69, 9.17) is 43.6 Å². The van der Waals surface area contributed by atoms with E-state index < -0.39 is 17.9 Å². The van der Waals surface area contributed by atoms with Gasteiger partial charge in [0, 0.05) is 28.0 Å². The van der Waals surface area contributed by atoms with Gasteiger partial charge in [-0.25, -0.2) is 0 Å². The summed E-state index contributed by atoms with van der Waals surface area (Å²) < 4.78 is 1.05. The third-order valence-corrected chi connectivity index (χ3v) is 6.42. The van der Waals surface area contributed by atoms with E-state index in [9.17, 15) is 14.4 Å². The predicted octanol–water partition coefficient (Wildman–Crippen LogP) is 5.44. The highest BCUT2D eigenvalue weighted by Gasteiger charge is 2.09. The number of hydrogen-bond acceptors (Lipinski definition) is 6. The Kier molecular flexibility index (Phi) is 17.4. The van der Waals surface area contributed by atoms with Gasteiger partial charge in [-0.1, -0.05) is 63.9 Å². The third kappa shape index (κ3) is 17.8. The van der Waals surface area contributed by atoms with Crippen LogP contribution in [0.1, 0.15) is 47.9 Å². The number of carboxylic acids is 3. The molecule has 224 valence electrons. The van der Waals surface area contributed by atoms with Crippen LogP contribution in [-0.2, 0) is 33.6 Å². The molecule has 3 aromatic rings. The molecule has 0 saturated heterocycles. The normalized spacial score (nSPS) is 11.4. The number of carboxylic acid groups (broad SMARTS) is 3. The van der Waals surface area contributed by atoms with Crippen LogP contribution in [0.5, 0.6) is 0 Å². The van der Waals surface area contributed by atoms with Crippen LogP contribution in [0.3, 0.4) is 0 Å². The quantitative estimate of drug-likeness (QED) is 0.168. The Labute approximate surface area is 258 Å². The maximum atomic E-state index is 10.4. The van der Waals surface area contributed by atoms with Crippen molar-refractivity contribution in [2.45, 2.75) is 57.0 Å². The maximum Gasteiger partial charge on any atom is 0.304 e. The Bertz CT molecular complexity index is 1300. The van der Waals surface area contributed by atoms with Gasteiger partial charge >= 0.3 is 17.9 Å². The Morgan fingerprint density at radius 1 is 0.738 bits per heavy atom. The van der Waals surface area contributed by atoms with Gasteiger partial charge in [-0.15, -0.1) is 0 Å². The average Bonchev–Trinajstić information content (AvgIpc) is 2.91. The van der Waals surface area contributed by atoms with E-state index in [0.29, 0.717) is 29.8 Å². The van der Waals surface area contributed by atoms with Gasteiger partial charge in [0.15, 0.2) is 0 Å². The molecule has 3 aromatic carbocycles. The first kappa shape index (κ1) is 36.3. The molecule has 2 atom stereocenters. The highest BCUT2D eigenvalue weighted by atomic mass is 79.9. The summed E-state index contributed by atoms with van der Waals surface area (Å²) in [5, 5.41) is 34.7. The van der Waals surface area contributed by atoms with Crippen molar-refractivity contribution in [2.24, 2.45) is 11.5 Å². The van der Waals surface area contributed by atoms with E-state index in [2.05, 4.69) is 15.9 Å². The molecule has 11 heteroatoms. The van der Waals surface area contributed by atoms with Crippen LogP contribution < -0.4 is 11.5 Å².